The van der Waals surface area contributed by atoms with E-state index in [0.29, 0.717) is 11.3 Å². The predicted octanol–water partition coefficient (Wildman–Crippen LogP) is 4.70. The Morgan fingerprint density at radius 2 is 1.42 bits per heavy atom. The zero-order valence-electron chi connectivity index (χ0n) is 12.8. The van der Waals surface area contributed by atoms with Gasteiger partial charge in [-0.25, -0.2) is 0 Å². The molecule has 0 spiro atoms. The molecule has 116 valence electrons. The van der Waals surface area contributed by atoms with E-state index in [4.69, 9.17) is 4.42 Å². The van der Waals surface area contributed by atoms with Crippen LogP contribution in [0.2, 0.25) is 0 Å². The summed E-state index contributed by atoms with van der Waals surface area (Å²) in [6.45, 7) is 0. The van der Waals surface area contributed by atoms with Gasteiger partial charge in [0.25, 0.3) is 0 Å². The van der Waals surface area contributed by atoms with E-state index < -0.39 is 0 Å². The van der Waals surface area contributed by atoms with Gasteiger partial charge in [0.1, 0.15) is 0 Å². The molecule has 2 nitrogen and oxygen atoms in total. The number of hydrogen-bond acceptors (Lipinski definition) is 2. The molecule has 24 heavy (non-hydrogen) atoms. The molecular weight excluding hydrogens is 363 g/mol. The van der Waals surface area contributed by atoms with Crippen molar-refractivity contribution in [3.63, 3.8) is 0 Å². The van der Waals surface area contributed by atoms with Crippen LogP contribution in [0, 0.1) is 0 Å². The van der Waals surface area contributed by atoms with Crippen molar-refractivity contribution in [2.24, 2.45) is 0 Å². The van der Waals surface area contributed by atoms with E-state index in [2.05, 4.69) is 4.94 Å². The van der Waals surface area contributed by atoms with E-state index in [0.717, 1.165) is 21.1 Å². The Morgan fingerprint density at radius 1 is 0.750 bits per heavy atom. The van der Waals surface area contributed by atoms with Crippen LogP contribution in [-0.4, -0.2) is 14.5 Å². The Balaban J connectivity index is 2.01. The summed E-state index contributed by atoms with van der Waals surface area (Å²) in [4.78, 5) is 14.9. The number of hydrogen-bond donors (Lipinski definition) is 0. The summed E-state index contributed by atoms with van der Waals surface area (Å²) in [6.07, 6.45) is 0. The standard InChI is InChI=1S/C21H14O2Se/c22-21-20(16-10-5-2-6-11-16)17(15-8-3-1-4-9-15)14-18(23-21)19-12-7-13-24-19/h1-14H. The van der Waals surface area contributed by atoms with Gasteiger partial charge in [-0.2, -0.15) is 0 Å². The molecule has 0 fully saturated rings. The van der Waals surface area contributed by atoms with Crippen molar-refractivity contribution in [3.8, 4) is 32.5 Å². The van der Waals surface area contributed by atoms with Crippen LogP contribution in [0.5, 0.6) is 0 Å². The zero-order chi connectivity index (χ0) is 16.4. The fourth-order valence-corrected chi connectivity index (χ4v) is 4.18. The van der Waals surface area contributed by atoms with Crippen LogP contribution in [0.25, 0.3) is 32.5 Å². The van der Waals surface area contributed by atoms with E-state index >= 15 is 0 Å². The average Bonchev–Trinajstić information content (AvgIpc) is 3.17. The van der Waals surface area contributed by atoms with E-state index in [9.17, 15) is 4.79 Å². The zero-order valence-corrected chi connectivity index (χ0v) is 14.5. The minimum absolute atomic E-state index is 0.220. The summed E-state index contributed by atoms with van der Waals surface area (Å²) in [5.41, 5.74) is 3.13. The summed E-state index contributed by atoms with van der Waals surface area (Å²) < 4.78 is 6.75. The molecular formula is C21H14O2Se. The quantitative estimate of drug-likeness (QED) is 0.485. The van der Waals surface area contributed by atoms with Gasteiger partial charge in [0.2, 0.25) is 0 Å². The summed E-state index contributed by atoms with van der Waals surface area (Å²) in [5, 5.41) is 0. The van der Waals surface area contributed by atoms with Crippen LogP contribution in [0.3, 0.4) is 0 Å². The van der Waals surface area contributed by atoms with Gasteiger partial charge in [0.15, 0.2) is 0 Å². The molecule has 0 aliphatic rings. The summed E-state index contributed by atoms with van der Waals surface area (Å²) >= 11 is 0.220. The Morgan fingerprint density at radius 3 is 2.04 bits per heavy atom. The molecule has 2 aromatic carbocycles. The first-order valence-corrected chi connectivity index (χ1v) is 9.50. The number of rotatable bonds is 3. The van der Waals surface area contributed by atoms with Gasteiger partial charge in [-0.15, -0.1) is 0 Å². The Kier molecular flexibility index (Phi) is 4.04. The Labute approximate surface area is 145 Å². The first-order chi connectivity index (χ1) is 11.8. The van der Waals surface area contributed by atoms with Crippen LogP contribution in [-0.2, 0) is 0 Å². The van der Waals surface area contributed by atoms with Crippen LogP contribution in [0.4, 0.5) is 0 Å². The van der Waals surface area contributed by atoms with Gasteiger partial charge in [-0.3, -0.25) is 0 Å². The molecule has 0 radical (unpaired) electrons. The first kappa shape index (κ1) is 14.9. The monoisotopic (exact) mass is 378 g/mol. The maximum absolute atomic E-state index is 12.8. The fourth-order valence-electron chi connectivity index (χ4n) is 2.76. The maximum atomic E-state index is 12.8. The van der Waals surface area contributed by atoms with Crippen LogP contribution in [0.15, 0.2) is 93.0 Å². The second-order valence-corrected chi connectivity index (χ2v) is 7.38. The molecule has 0 saturated carbocycles. The molecule has 0 aliphatic carbocycles. The van der Waals surface area contributed by atoms with Crippen molar-refractivity contribution in [1.82, 2.24) is 0 Å². The molecule has 2 heterocycles. The molecule has 0 saturated heterocycles. The molecule has 0 aliphatic heterocycles. The normalized spacial score (nSPS) is 10.7. The van der Waals surface area contributed by atoms with Crippen LogP contribution >= 0.6 is 0 Å². The second-order valence-electron chi connectivity index (χ2n) is 5.40. The first-order valence-electron chi connectivity index (χ1n) is 7.66. The van der Waals surface area contributed by atoms with Crippen molar-refractivity contribution in [1.29, 1.82) is 0 Å². The van der Waals surface area contributed by atoms with Crippen molar-refractivity contribution in [2.45, 2.75) is 0 Å². The summed E-state index contributed by atoms with van der Waals surface area (Å²) in [7, 11) is 0. The SMILES string of the molecule is O=c1oc(-c2ccc[se]2)cc(-c2ccccc2)c1-c1ccccc1. The van der Waals surface area contributed by atoms with Gasteiger partial charge in [-0.05, 0) is 0 Å². The van der Waals surface area contributed by atoms with Gasteiger partial charge in [0.05, 0.1) is 0 Å². The van der Waals surface area contributed by atoms with E-state index in [1.165, 1.54) is 0 Å². The van der Waals surface area contributed by atoms with E-state index in [1.807, 2.05) is 78.9 Å². The van der Waals surface area contributed by atoms with Crippen molar-refractivity contribution >= 4 is 14.5 Å². The van der Waals surface area contributed by atoms with E-state index in [-0.39, 0.29) is 20.1 Å². The molecule has 4 aromatic rings. The van der Waals surface area contributed by atoms with Crippen molar-refractivity contribution < 1.29 is 4.42 Å². The molecule has 0 N–H and O–H groups in total. The molecule has 2 aromatic heterocycles. The summed E-state index contributed by atoms with van der Waals surface area (Å²) in [6, 6.07) is 25.7. The molecule has 0 bridgehead atoms. The topological polar surface area (TPSA) is 30.2 Å². The average molecular weight is 377 g/mol. The molecule has 0 atom stereocenters. The van der Waals surface area contributed by atoms with Crippen molar-refractivity contribution in [2.75, 3.05) is 0 Å². The van der Waals surface area contributed by atoms with Gasteiger partial charge in [-0.1, -0.05) is 0 Å². The van der Waals surface area contributed by atoms with Gasteiger partial charge < -0.3 is 0 Å². The molecule has 0 unspecified atom stereocenters. The molecule has 0 amide bonds. The molecule has 3 heteroatoms. The molecule has 4 rings (SSSR count). The Hall–Kier alpha value is -2.61. The van der Waals surface area contributed by atoms with Gasteiger partial charge in [0, 0.05) is 0 Å². The van der Waals surface area contributed by atoms with Crippen LogP contribution < -0.4 is 5.63 Å². The number of benzene rings is 2. The fraction of sp³-hybridized carbons (Fsp3) is 0. The third kappa shape index (κ3) is 2.80. The summed E-state index contributed by atoms with van der Waals surface area (Å²) in [5.74, 6) is 0.670. The van der Waals surface area contributed by atoms with E-state index in [1.54, 1.807) is 0 Å². The third-order valence-electron chi connectivity index (χ3n) is 3.86. The predicted molar refractivity (Wildman–Crippen MR) is 98.2 cm³/mol. The van der Waals surface area contributed by atoms with Gasteiger partial charge >= 0.3 is 146 Å². The van der Waals surface area contributed by atoms with Crippen LogP contribution in [0.1, 0.15) is 0 Å². The van der Waals surface area contributed by atoms with Crippen molar-refractivity contribution in [3.05, 3.63) is 94.2 Å². The minimum atomic E-state index is -0.291. The third-order valence-corrected chi connectivity index (χ3v) is 5.72. The second kappa shape index (κ2) is 6.48. The Bertz CT molecular complexity index is 1000.